The third-order valence-corrected chi connectivity index (χ3v) is 4.19. The normalized spacial score (nSPS) is 28.5. The summed E-state index contributed by atoms with van der Waals surface area (Å²) in [7, 11) is 2.13. The van der Waals surface area contributed by atoms with Gasteiger partial charge in [-0.1, -0.05) is 12.8 Å². The molecule has 1 aliphatic heterocycles. The maximum atomic E-state index is 11.8. The first kappa shape index (κ1) is 12.8. The zero-order chi connectivity index (χ0) is 12.3. The van der Waals surface area contributed by atoms with Gasteiger partial charge in [-0.2, -0.15) is 0 Å². The summed E-state index contributed by atoms with van der Waals surface area (Å²) in [5.74, 6) is 0.769. The van der Waals surface area contributed by atoms with Crippen molar-refractivity contribution in [2.75, 3.05) is 26.7 Å². The number of amides is 1. The van der Waals surface area contributed by atoms with Gasteiger partial charge in [0.05, 0.1) is 0 Å². The molecule has 1 unspecified atom stereocenters. The average molecular weight is 239 g/mol. The Morgan fingerprint density at radius 2 is 2.18 bits per heavy atom. The lowest BCUT2D eigenvalue weighted by atomic mass is 9.94. The van der Waals surface area contributed by atoms with E-state index >= 15 is 0 Å². The summed E-state index contributed by atoms with van der Waals surface area (Å²) < 4.78 is 0. The summed E-state index contributed by atoms with van der Waals surface area (Å²) in [5.41, 5.74) is 5.98. The Balaban J connectivity index is 1.67. The zero-order valence-corrected chi connectivity index (χ0v) is 10.9. The second-order valence-corrected chi connectivity index (χ2v) is 5.97. The molecule has 3 N–H and O–H groups in total. The van der Waals surface area contributed by atoms with E-state index in [0.29, 0.717) is 12.3 Å². The SMILES string of the molecule is CN1CCC(CNC(=O)CC2(N)CCCC2)C1. The van der Waals surface area contributed by atoms with Gasteiger partial charge in [0.25, 0.3) is 0 Å². The number of hydrogen-bond donors (Lipinski definition) is 2. The van der Waals surface area contributed by atoms with Crippen molar-refractivity contribution in [3.8, 4) is 0 Å². The quantitative estimate of drug-likeness (QED) is 0.760. The molecule has 4 nitrogen and oxygen atoms in total. The Morgan fingerprint density at radius 1 is 1.47 bits per heavy atom. The second-order valence-electron chi connectivity index (χ2n) is 5.97. The fraction of sp³-hybridized carbons (Fsp3) is 0.923. The summed E-state index contributed by atoms with van der Waals surface area (Å²) in [6.07, 6.45) is 6.08. The van der Waals surface area contributed by atoms with E-state index in [1.54, 1.807) is 0 Å². The molecule has 98 valence electrons. The fourth-order valence-electron chi connectivity index (χ4n) is 3.09. The predicted octanol–water partition coefficient (Wildman–Crippen LogP) is 0.716. The predicted molar refractivity (Wildman–Crippen MR) is 68.6 cm³/mol. The minimum Gasteiger partial charge on any atom is -0.356 e. The van der Waals surface area contributed by atoms with E-state index in [0.717, 1.165) is 32.5 Å². The van der Waals surface area contributed by atoms with Gasteiger partial charge in [0.15, 0.2) is 0 Å². The van der Waals surface area contributed by atoms with Crippen LogP contribution in [0.5, 0.6) is 0 Å². The molecule has 2 fully saturated rings. The minimum atomic E-state index is -0.212. The number of likely N-dealkylation sites (tertiary alicyclic amines) is 1. The van der Waals surface area contributed by atoms with Crippen LogP contribution in [0, 0.1) is 5.92 Å². The molecule has 0 bridgehead atoms. The van der Waals surface area contributed by atoms with Crippen LogP contribution < -0.4 is 11.1 Å². The maximum absolute atomic E-state index is 11.8. The highest BCUT2D eigenvalue weighted by Gasteiger charge is 2.31. The lowest BCUT2D eigenvalue weighted by Gasteiger charge is -2.23. The zero-order valence-electron chi connectivity index (χ0n) is 10.9. The van der Waals surface area contributed by atoms with Crippen molar-refractivity contribution in [3.63, 3.8) is 0 Å². The topological polar surface area (TPSA) is 58.4 Å². The highest BCUT2D eigenvalue weighted by Crippen LogP contribution is 2.29. The number of nitrogens with one attached hydrogen (secondary N) is 1. The Labute approximate surface area is 104 Å². The van der Waals surface area contributed by atoms with Crippen LogP contribution in [0.2, 0.25) is 0 Å². The molecule has 4 heteroatoms. The molecular formula is C13H25N3O. The van der Waals surface area contributed by atoms with E-state index in [-0.39, 0.29) is 11.4 Å². The van der Waals surface area contributed by atoms with Crippen molar-refractivity contribution >= 4 is 5.91 Å². The van der Waals surface area contributed by atoms with Crippen LogP contribution in [0.4, 0.5) is 0 Å². The first-order chi connectivity index (χ1) is 8.07. The molecule has 2 aliphatic rings. The molecule has 0 aromatic carbocycles. The van der Waals surface area contributed by atoms with Gasteiger partial charge in [-0.25, -0.2) is 0 Å². The van der Waals surface area contributed by atoms with Crippen molar-refractivity contribution in [1.82, 2.24) is 10.2 Å². The third kappa shape index (κ3) is 3.68. The van der Waals surface area contributed by atoms with Gasteiger partial charge in [0.2, 0.25) is 5.91 Å². The van der Waals surface area contributed by atoms with Gasteiger partial charge in [-0.05, 0) is 38.8 Å². The van der Waals surface area contributed by atoms with Gasteiger partial charge in [-0.3, -0.25) is 4.79 Å². The van der Waals surface area contributed by atoms with Crippen LogP contribution in [-0.2, 0) is 4.79 Å². The van der Waals surface area contributed by atoms with Crippen LogP contribution >= 0.6 is 0 Å². The van der Waals surface area contributed by atoms with E-state index in [9.17, 15) is 4.79 Å². The van der Waals surface area contributed by atoms with Crippen LogP contribution in [0.15, 0.2) is 0 Å². The molecule has 2 rings (SSSR count). The number of carbonyl (C=O) groups is 1. The summed E-state index contributed by atoms with van der Waals surface area (Å²) in [4.78, 5) is 14.2. The second kappa shape index (κ2) is 5.36. The smallest absolute Gasteiger partial charge is 0.221 e. The molecule has 1 aliphatic carbocycles. The number of nitrogens with zero attached hydrogens (tertiary/aromatic N) is 1. The van der Waals surface area contributed by atoms with Gasteiger partial charge in [-0.15, -0.1) is 0 Å². The summed E-state index contributed by atoms with van der Waals surface area (Å²) in [6, 6.07) is 0. The van der Waals surface area contributed by atoms with Gasteiger partial charge < -0.3 is 16.0 Å². The number of carbonyl (C=O) groups excluding carboxylic acids is 1. The van der Waals surface area contributed by atoms with E-state index in [1.165, 1.54) is 19.3 Å². The fourth-order valence-corrected chi connectivity index (χ4v) is 3.09. The molecule has 17 heavy (non-hydrogen) atoms. The molecule has 1 atom stereocenters. The van der Waals surface area contributed by atoms with Crippen LogP contribution in [-0.4, -0.2) is 43.0 Å². The van der Waals surface area contributed by atoms with Gasteiger partial charge >= 0.3 is 0 Å². The van der Waals surface area contributed by atoms with E-state index in [1.807, 2.05) is 0 Å². The molecule has 0 aromatic heterocycles. The molecule has 0 aromatic rings. The van der Waals surface area contributed by atoms with E-state index in [2.05, 4.69) is 17.3 Å². The Bertz CT molecular complexity index is 274. The molecular weight excluding hydrogens is 214 g/mol. The van der Waals surface area contributed by atoms with Crippen LogP contribution in [0.25, 0.3) is 0 Å². The third-order valence-electron chi connectivity index (χ3n) is 4.19. The lowest BCUT2D eigenvalue weighted by molar-refractivity contribution is -0.122. The highest BCUT2D eigenvalue weighted by atomic mass is 16.1. The molecule has 0 radical (unpaired) electrons. The summed E-state index contributed by atoms with van der Waals surface area (Å²) in [5, 5.41) is 3.05. The van der Waals surface area contributed by atoms with Crippen molar-refractivity contribution in [1.29, 1.82) is 0 Å². The maximum Gasteiger partial charge on any atom is 0.221 e. The number of rotatable bonds is 4. The molecule has 1 saturated carbocycles. The van der Waals surface area contributed by atoms with Crippen molar-refractivity contribution < 1.29 is 4.79 Å². The van der Waals surface area contributed by atoms with Crippen molar-refractivity contribution in [2.24, 2.45) is 11.7 Å². The monoisotopic (exact) mass is 239 g/mol. The first-order valence-electron chi connectivity index (χ1n) is 6.81. The number of hydrogen-bond acceptors (Lipinski definition) is 3. The molecule has 1 saturated heterocycles. The van der Waals surface area contributed by atoms with Gasteiger partial charge in [0, 0.05) is 25.0 Å². The largest absolute Gasteiger partial charge is 0.356 e. The Hall–Kier alpha value is -0.610. The molecule has 0 spiro atoms. The van der Waals surface area contributed by atoms with Crippen molar-refractivity contribution in [2.45, 2.75) is 44.1 Å². The minimum absolute atomic E-state index is 0.143. The van der Waals surface area contributed by atoms with Gasteiger partial charge in [0.1, 0.15) is 0 Å². The van der Waals surface area contributed by atoms with E-state index < -0.39 is 0 Å². The highest BCUT2D eigenvalue weighted by molar-refractivity contribution is 5.77. The Morgan fingerprint density at radius 3 is 2.76 bits per heavy atom. The van der Waals surface area contributed by atoms with Crippen molar-refractivity contribution in [3.05, 3.63) is 0 Å². The summed E-state index contributed by atoms with van der Waals surface area (Å²) >= 11 is 0. The summed E-state index contributed by atoms with van der Waals surface area (Å²) in [6.45, 7) is 3.08. The molecule has 1 heterocycles. The standard InChI is InChI=1S/C13H25N3O/c1-16-7-4-11(10-16)9-15-12(17)8-13(14)5-2-3-6-13/h11H,2-10,14H2,1H3,(H,15,17). The average Bonchev–Trinajstić information content (AvgIpc) is 2.85. The number of nitrogens with two attached hydrogens (primary N) is 1. The molecule has 1 amide bonds. The lowest BCUT2D eigenvalue weighted by Crippen LogP contribution is -2.43. The van der Waals surface area contributed by atoms with E-state index in [4.69, 9.17) is 5.73 Å². The Kier molecular flexibility index (Phi) is 4.05. The van der Waals surface area contributed by atoms with Crippen LogP contribution in [0.1, 0.15) is 38.5 Å². The first-order valence-corrected chi connectivity index (χ1v) is 6.81. The van der Waals surface area contributed by atoms with Crippen LogP contribution in [0.3, 0.4) is 0 Å².